The normalized spacial score (nSPS) is 10.5. The van der Waals surface area contributed by atoms with Crippen molar-refractivity contribution < 1.29 is 9.53 Å². The number of carbonyl (C=O) groups excluding carboxylic acids is 1. The summed E-state index contributed by atoms with van der Waals surface area (Å²) in [5.74, 6) is 1.73. The zero-order valence-electron chi connectivity index (χ0n) is 14.7. The molecule has 0 atom stereocenters. The molecule has 25 heavy (non-hydrogen) atoms. The van der Waals surface area contributed by atoms with Gasteiger partial charge < -0.3 is 20.3 Å². The molecule has 0 radical (unpaired) electrons. The molecule has 0 saturated heterocycles. The van der Waals surface area contributed by atoms with E-state index in [0.717, 1.165) is 25.3 Å². The summed E-state index contributed by atoms with van der Waals surface area (Å²) in [6.07, 6.45) is 1.27. The Bertz CT molecular complexity index is 632. The fraction of sp³-hybridized carbons (Fsp3) is 0.389. The second-order valence-electron chi connectivity index (χ2n) is 5.85. The van der Waals surface area contributed by atoms with Crippen LogP contribution in [0.25, 0.3) is 0 Å². The van der Waals surface area contributed by atoms with Gasteiger partial charge in [-0.05, 0) is 51.3 Å². The van der Waals surface area contributed by atoms with Crippen molar-refractivity contribution in [2.45, 2.75) is 12.8 Å². The van der Waals surface area contributed by atoms with Crippen LogP contribution in [-0.2, 0) is 4.79 Å². The van der Waals surface area contributed by atoms with Crippen molar-refractivity contribution in [2.75, 3.05) is 44.4 Å². The van der Waals surface area contributed by atoms with Gasteiger partial charge in [-0.1, -0.05) is 18.2 Å². The predicted octanol–water partition coefficient (Wildman–Crippen LogP) is 2.25. The third-order valence-electron chi connectivity index (χ3n) is 3.36. The van der Waals surface area contributed by atoms with Gasteiger partial charge in [0, 0.05) is 6.54 Å². The largest absolute Gasteiger partial charge is 0.493 e. The van der Waals surface area contributed by atoms with E-state index in [4.69, 9.17) is 4.74 Å². The summed E-state index contributed by atoms with van der Waals surface area (Å²) in [5.41, 5.74) is 0. The molecule has 2 N–H and O–H groups in total. The molecule has 0 bridgehead atoms. The molecule has 134 valence electrons. The van der Waals surface area contributed by atoms with E-state index in [1.54, 1.807) is 12.1 Å². The Hall–Kier alpha value is -2.67. The molecule has 0 aliphatic rings. The topological polar surface area (TPSA) is 79.4 Å². The van der Waals surface area contributed by atoms with Crippen LogP contribution in [0.2, 0.25) is 0 Å². The van der Waals surface area contributed by atoms with E-state index in [2.05, 4.69) is 25.7 Å². The first kappa shape index (κ1) is 18.7. The second kappa shape index (κ2) is 10.2. The van der Waals surface area contributed by atoms with E-state index < -0.39 is 0 Å². The number of hydrogen-bond acceptors (Lipinski definition) is 6. The molecule has 7 nitrogen and oxygen atoms in total. The average molecular weight is 343 g/mol. The number of ether oxygens (including phenoxy) is 1. The van der Waals surface area contributed by atoms with Gasteiger partial charge in [-0.3, -0.25) is 4.79 Å². The van der Waals surface area contributed by atoms with E-state index in [0.29, 0.717) is 18.2 Å². The van der Waals surface area contributed by atoms with Gasteiger partial charge in [0.05, 0.1) is 13.0 Å². The monoisotopic (exact) mass is 343 g/mol. The maximum absolute atomic E-state index is 11.9. The SMILES string of the molecule is CN(C)CCCNc1ccc(NC(=O)CCOc2ccccc2)nn1. The van der Waals surface area contributed by atoms with Crippen molar-refractivity contribution in [2.24, 2.45) is 0 Å². The molecule has 2 rings (SSSR count). The second-order valence-corrected chi connectivity index (χ2v) is 5.85. The maximum Gasteiger partial charge on any atom is 0.229 e. The Balaban J connectivity index is 1.66. The fourth-order valence-corrected chi connectivity index (χ4v) is 2.09. The van der Waals surface area contributed by atoms with E-state index >= 15 is 0 Å². The number of amides is 1. The number of nitrogens with one attached hydrogen (secondary N) is 2. The van der Waals surface area contributed by atoms with Crippen LogP contribution in [0.3, 0.4) is 0 Å². The number of rotatable bonds is 10. The van der Waals surface area contributed by atoms with Crippen molar-refractivity contribution in [1.29, 1.82) is 0 Å². The lowest BCUT2D eigenvalue weighted by Crippen LogP contribution is -2.17. The molecule has 0 spiro atoms. The van der Waals surface area contributed by atoms with Gasteiger partial charge in [0.2, 0.25) is 5.91 Å². The van der Waals surface area contributed by atoms with E-state index in [1.165, 1.54) is 0 Å². The van der Waals surface area contributed by atoms with Crippen LogP contribution >= 0.6 is 0 Å². The number of para-hydroxylation sites is 1. The Morgan fingerprint density at radius 3 is 2.48 bits per heavy atom. The highest BCUT2D eigenvalue weighted by molar-refractivity contribution is 5.89. The third kappa shape index (κ3) is 7.63. The summed E-state index contributed by atoms with van der Waals surface area (Å²) in [7, 11) is 4.09. The van der Waals surface area contributed by atoms with E-state index in [1.807, 2.05) is 44.4 Å². The minimum atomic E-state index is -0.156. The number of nitrogens with zero attached hydrogens (tertiary/aromatic N) is 3. The van der Waals surface area contributed by atoms with Crippen LogP contribution in [0.15, 0.2) is 42.5 Å². The van der Waals surface area contributed by atoms with Gasteiger partial charge in [-0.25, -0.2) is 0 Å². The minimum absolute atomic E-state index is 0.156. The van der Waals surface area contributed by atoms with Crippen molar-refractivity contribution >= 4 is 17.5 Å². The minimum Gasteiger partial charge on any atom is -0.493 e. The predicted molar refractivity (Wildman–Crippen MR) is 98.9 cm³/mol. The lowest BCUT2D eigenvalue weighted by molar-refractivity contribution is -0.116. The zero-order chi connectivity index (χ0) is 17.9. The summed E-state index contributed by atoms with van der Waals surface area (Å²) < 4.78 is 5.49. The summed E-state index contributed by atoms with van der Waals surface area (Å²) in [4.78, 5) is 14.0. The van der Waals surface area contributed by atoms with Gasteiger partial charge in [0.1, 0.15) is 11.6 Å². The number of hydrogen-bond donors (Lipinski definition) is 2. The molecule has 1 aromatic heterocycles. The van der Waals surface area contributed by atoms with Crippen LogP contribution in [0, 0.1) is 0 Å². The van der Waals surface area contributed by atoms with Crippen LogP contribution < -0.4 is 15.4 Å². The van der Waals surface area contributed by atoms with Gasteiger partial charge in [0.25, 0.3) is 0 Å². The Morgan fingerprint density at radius 1 is 1.08 bits per heavy atom. The molecule has 0 saturated carbocycles. The average Bonchev–Trinajstić information content (AvgIpc) is 2.61. The quantitative estimate of drug-likeness (QED) is 0.644. The molecular formula is C18H25N5O2. The molecule has 1 aromatic carbocycles. The number of benzene rings is 1. The lowest BCUT2D eigenvalue weighted by Gasteiger charge is -2.10. The molecule has 0 fully saturated rings. The molecule has 1 amide bonds. The molecule has 2 aromatic rings. The first-order chi connectivity index (χ1) is 12.1. The lowest BCUT2D eigenvalue weighted by atomic mass is 10.3. The smallest absolute Gasteiger partial charge is 0.229 e. The van der Waals surface area contributed by atoms with E-state index in [-0.39, 0.29) is 12.3 Å². The molecule has 0 aliphatic carbocycles. The summed E-state index contributed by atoms with van der Waals surface area (Å²) in [6, 6.07) is 12.9. The first-order valence-electron chi connectivity index (χ1n) is 8.33. The summed E-state index contributed by atoms with van der Waals surface area (Å²) in [5, 5.41) is 14.0. The zero-order valence-corrected chi connectivity index (χ0v) is 14.7. The van der Waals surface area contributed by atoms with E-state index in [9.17, 15) is 4.79 Å². The first-order valence-corrected chi connectivity index (χ1v) is 8.33. The highest BCUT2D eigenvalue weighted by atomic mass is 16.5. The van der Waals surface area contributed by atoms with Gasteiger partial charge in [-0.15, -0.1) is 10.2 Å². The summed E-state index contributed by atoms with van der Waals surface area (Å²) in [6.45, 7) is 2.16. The Morgan fingerprint density at radius 2 is 1.80 bits per heavy atom. The van der Waals surface area contributed by atoms with Crippen molar-refractivity contribution in [3.8, 4) is 5.75 Å². The van der Waals surface area contributed by atoms with Gasteiger partial charge in [-0.2, -0.15) is 0 Å². The Kier molecular flexibility index (Phi) is 7.65. The number of aromatic nitrogens is 2. The molecule has 1 heterocycles. The van der Waals surface area contributed by atoms with Crippen LogP contribution in [0.1, 0.15) is 12.8 Å². The van der Waals surface area contributed by atoms with Crippen molar-refractivity contribution in [1.82, 2.24) is 15.1 Å². The molecule has 0 aliphatic heterocycles. The highest BCUT2D eigenvalue weighted by Crippen LogP contribution is 2.09. The van der Waals surface area contributed by atoms with Crippen LogP contribution in [0.5, 0.6) is 5.75 Å². The molecule has 7 heteroatoms. The van der Waals surface area contributed by atoms with Crippen molar-refractivity contribution in [3.05, 3.63) is 42.5 Å². The van der Waals surface area contributed by atoms with Crippen LogP contribution in [-0.4, -0.2) is 54.8 Å². The standard InChI is InChI=1S/C18H25N5O2/c1-23(2)13-6-12-19-16-9-10-17(22-21-16)20-18(24)11-14-25-15-7-4-3-5-8-15/h3-5,7-10H,6,11-14H2,1-2H3,(H,19,21)(H,20,22,24). The van der Waals surface area contributed by atoms with Gasteiger partial charge >= 0.3 is 0 Å². The van der Waals surface area contributed by atoms with Gasteiger partial charge in [0.15, 0.2) is 5.82 Å². The molecular weight excluding hydrogens is 318 g/mol. The number of anilines is 2. The highest BCUT2D eigenvalue weighted by Gasteiger charge is 2.05. The maximum atomic E-state index is 11.9. The van der Waals surface area contributed by atoms with Crippen molar-refractivity contribution in [3.63, 3.8) is 0 Å². The van der Waals surface area contributed by atoms with Crippen LogP contribution in [0.4, 0.5) is 11.6 Å². The Labute approximate surface area is 148 Å². The number of carbonyl (C=O) groups is 1. The molecule has 0 unspecified atom stereocenters. The third-order valence-corrected chi connectivity index (χ3v) is 3.36. The fourth-order valence-electron chi connectivity index (χ4n) is 2.09. The summed E-state index contributed by atoms with van der Waals surface area (Å²) >= 11 is 0.